The molecule has 0 spiro atoms. The number of hydrogen-bond acceptors (Lipinski definition) is 6. The maximum atomic E-state index is 12.0. The van der Waals surface area contributed by atoms with Crippen LogP contribution < -0.4 is 10.1 Å². The van der Waals surface area contributed by atoms with Crippen molar-refractivity contribution >= 4 is 33.1 Å². The van der Waals surface area contributed by atoms with E-state index in [9.17, 15) is 14.7 Å². The van der Waals surface area contributed by atoms with E-state index in [2.05, 4.69) is 29.1 Å². The molecule has 1 aromatic carbocycles. The van der Waals surface area contributed by atoms with Gasteiger partial charge in [-0.1, -0.05) is 12.1 Å². The van der Waals surface area contributed by atoms with Crippen molar-refractivity contribution in [2.75, 3.05) is 31.1 Å². The number of fused-ring (bicyclic) bond motifs is 1. The highest BCUT2D eigenvalue weighted by atomic mass is 32.3. The standard InChI is InChI=1S/C27H37N3O6S/c1-27(2,3)36-26(33)29-22(25(31)32)17-19-7-9-20(10-8-19)35-23-11-13-28-24-21(23)12-14-30(24)18-34-15-16-37(4,5)6/h7-14,22H,15-18H2,1-6H3,(H,29,33)(H,31,32). The summed E-state index contributed by atoms with van der Waals surface area (Å²) in [6, 6.07) is 9.71. The van der Waals surface area contributed by atoms with Crippen LogP contribution in [-0.2, 0) is 27.4 Å². The Labute approximate surface area is 219 Å². The fourth-order valence-corrected chi connectivity index (χ4v) is 4.05. The summed E-state index contributed by atoms with van der Waals surface area (Å²) in [7, 11) is -0.598. The second kappa shape index (κ2) is 11.9. The number of carbonyl (C=O) groups excluding carboxylic acids is 1. The van der Waals surface area contributed by atoms with Gasteiger partial charge in [0, 0.05) is 24.6 Å². The topological polar surface area (TPSA) is 112 Å². The molecule has 0 radical (unpaired) electrons. The van der Waals surface area contributed by atoms with E-state index < -0.39 is 33.7 Å². The summed E-state index contributed by atoms with van der Waals surface area (Å²) in [5, 5.41) is 12.8. The number of carbonyl (C=O) groups is 2. The number of nitrogens with zero attached hydrogens (tertiary/aromatic N) is 2. The van der Waals surface area contributed by atoms with E-state index in [1.54, 1.807) is 57.3 Å². The summed E-state index contributed by atoms with van der Waals surface area (Å²) in [6.45, 7) is 6.28. The van der Waals surface area contributed by atoms with Gasteiger partial charge in [-0.2, -0.15) is 0 Å². The van der Waals surface area contributed by atoms with Crippen LogP contribution in [-0.4, -0.2) is 69.5 Å². The fraction of sp³-hybridized carbons (Fsp3) is 0.444. The number of carboxylic acids is 1. The second-order valence-corrected chi connectivity index (χ2v) is 15.2. The first kappa shape index (κ1) is 28.3. The van der Waals surface area contributed by atoms with Crippen LogP contribution in [0.2, 0.25) is 0 Å². The van der Waals surface area contributed by atoms with E-state index in [0.717, 1.165) is 22.3 Å². The van der Waals surface area contributed by atoms with E-state index in [4.69, 9.17) is 14.2 Å². The third-order valence-electron chi connectivity index (χ3n) is 5.27. The SMILES string of the molecule is CC(C)(C)OC(=O)NC(Cc1ccc(Oc2ccnc3c2ccn3COCCS(C)(C)C)cc1)C(=O)O. The Bertz CT molecular complexity index is 1210. The van der Waals surface area contributed by atoms with Crippen molar-refractivity contribution in [2.45, 2.75) is 45.6 Å². The Kier molecular flexibility index (Phi) is 9.09. The maximum absolute atomic E-state index is 12.0. The van der Waals surface area contributed by atoms with Gasteiger partial charge in [0.15, 0.2) is 0 Å². The molecule has 1 atom stereocenters. The number of aromatic nitrogens is 2. The van der Waals surface area contributed by atoms with Gasteiger partial charge >= 0.3 is 12.1 Å². The Morgan fingerprint density at radius 1 is 1.11 bits per heavy atom. The maximum Gasteiger partial charge on any atom is 0.408 e. The number of aliphatic carboxylic acids is 1. The molecule has 0 saturated heterocycles. The minimum Gasteiger partial charge on any atom is -0.480 e. The molecule has 0 aliphatic rings. The van der Waals surface area contributed by atoms with Gasteiger partial charge in [-0.05, 0) is 69.4 Å². The summed E-state index contributed by atoms with van der Waals surface area (Å²) >= 11 is 0. The van der Waals surface area contributed by atoms with Crippen LogP contribution in [0.1, 0.15) is 26.3 Å². The highest BCUT2D eigenvalue weighted by molar-refractivity contribution is 8.32. The van der Waals surface area contributed by atoms with Gasteiger partial charge in [-0.25, -0.2) is 24.6 Å². The molecular formula is C27H37N3O6S. The first-order valence-corrected chi connectivity index (χ1v) is 15.0. The third kappa shape index (κ3) is 8.98. The average molecular weight is 532 g/mol. The molecule has 0 saturated carbocycles. The minimum absolute atomic E-state index is 0.105. The van der Waals surface area contributed by atoms with Crippen LogP contribution in [0, 0.1) is 0 Å². The highest BCUT2D eigenvalue weighted by Crippen LogP contribution is 2.34. The number of hydrogen-bond donors (Lipinski definition) is 2. The molecule has 2 N–H and O–H groups in total. The smallest absolute Gasteiger partial charge is 0.408 e. The van der Waals surface area contributed by atoms with Crippen molar-refractivity contribution < 1.29 is 28.9 Å². The number of alkyl carbamates (subject to hydrolysis) is 1. The summed E-state index contributed by atoms with van der Waals surface area (Å²) in [5.74, 6) is 1.17. The van der Waals surface area contributed by atoms with Gasteiger partial charge in [-0.3, -0.25) is 0 Å². The van der Waals surface area contributed by atoms with Gasteiger partial charge < -0.3 is 29.2 Å². The van der Waals surface area contributed by atoms with E-state index in [1.807, 2.05) is 16.8 Å². The number of pyridine rings is 1. The first-order chi connectivity index (χ1) is 17.3. The van der Waals surface area contributed by atoms with Gasteiger partial charge in [0.05, 0.1) is 12.0 Å². The highest BCUT2D eigenvalue weighted by Gasteiger charge is 2.24. The zero-order valence-corrected chi connectivity index (χ0v) is 23.1. The van der Waals surface area contributed by atoms with Crippen molar-refractivity contribution in [3.63, 3.8) is 0 Å². The van der Waals surface area contributed by atoms with Gasteiger partial charge in [0.25, 0.3) is 0 Å². The molecule has 3 rings (SSSR count). The largest absolute Gasteiger partial charge is 0.480 e. The predicted molar refractivity (Wildman–Crippen MR) is 147 cm³/mol. The quantitative estimate of drug-likeness (QED) is 0.334. The third-order valence-corrected chi connectivity index (χ3v) is 6.66. The molecule has 202 valence electrons. The van der Waals surface area contributed by atoms with E-state index >= 15 is 0 Å². The molecule has 2 heterocycles. The van der Waals surface area contributed by atoms with Crippen LogP contribution in [0.3, 0.4) is 0 Å². The van der Waals surface area contributed by atoms with E-state index in [-0.39, 0.29) is 6.42 Å². The van der Waals surface area contributed by atoms with Crippen molar-refractivity contribution in [3.8, 4) is 11.5 Å². The van der Waals surface area contributed by atoms with Gasteiger partial charge in [-0.15, -0.1) is 0 Å². The molecule has 3 aromatic rings. The molecule has 37 heavy (non-hydrogen) atoms. The monoisotopic (exact) mass is 531 g/mol. The van der Waals surface area contributed by atoms with E-state index in [1.165, 1.54) is 0 Å². The Morgan fingerprint density at radius 2 is 1.81 bits per heavy atom. The molecule has 10 heteroatoms. The minimum atomic E-state index is -1.14. The molecule has 0 aliphatic heterocycles. The number of amides is 1. The van der Waals surface area contributed by atoms with Crippen LogP contribution in [0.25, 0.3) is 11.0 Å². The summed E-state index contributed by atoms with van der Waals surface area (Å²) in [5.41, 5.74) is 0.789. The number of ether oxygens (including phenoxy) is 3. The number of rotatable bonds is 11. The lowest BCUT2D eigenvalue weighted by molar-refractivity contribution is -0.139. The molecule has 0 aliphatic carbocycles. The van der Waals surface area contributed by atoms with Gasteiger partial charge in [0.1, 0.15) is 35.5 Å². The molecule has 1 amide bonds. The van der Waals surface area contributed by atoms with Gasteiger partial charge in [0.2, 0.25) is 0 Å². The summed E-state index contributed by atoms with van der Waals surface area (Å²) in [4.78, 5) is 28.2. The van der Waals surface area contributed by atoms with Crippen LogP contribution >= 0.6 is 10.0 Å². The molecular weight excluding hydrogens is 494 g/mol. The number of carboxylic acid groups (broad SMARTS) is 1. The lowest BCUT2D eigenvalue weighted by Gasteiger charge is -2.24. The zero-order chi connectivity index (χ0) is 27.2. The summed E-state index contributed by atoms with van der Waals surface area (Å²) < 4.78 is 19.1. The van der Waals surface area contributed by atoms with Crippen LogP contribution in [0.5, 0.6) is 11.5 Å². The van der Waals surface area contributed by atoms with Crippen molar-refractivity contribution in [2.24, 2.45) is 0 Å². The second-order valence-electron chi connectivity index (χ2n) is 10.7. The lowest BCUT2D eigenvalue weighted by atomic mass is 10.1. The Balaban J connectivity index is 1.63. The summed E-state index contributed by atoms with van der Waals surface area (Å²) in [6.07, 6.45) is 9.77. The average Bonchev–Trinajstić information content (AvgIpc) is 3.19. The molecule has 2 aromatic heterocycles. The molecule has 0 bridgehead atoms. The molecule has 1 unspecified atom stereocenters. The van der Waals surface area contributed by atoms with Crippen LogP contribution in [0.15, 0.2) is 48.8 Å². The Morgan fingerprint density at radius 3 is 2.43 bits per heavy atom. The fourth-order valence-electron chi connectivity index (χ4n) is 3.44. The van der Waals surface area contributed by atoms with Crippen molar-refractivity contribution in [1.82, 2.24) is 14.9 Å². The van der Waals surface area contributed by atoms with E-state index in [0.29, 0.717) is 24.8 Å². The van der Waals surface area contributed by atoms with Crippen molar-refractivity contribution in [1.29, 1.82) is 0 Å². The lowest BCUT2D eigenvalue weighted by Crippen LogP contribution is -2.44. The first-order valence-electron chi connectivity index (χ1n) is 12.0. The predicted octanol–water partition coefficient (Wildman–Crippen LogP) is 5.02. The zero-order valence-electron chi connectivity index (χ0n) is 22.3. The molecule has 9 nitrogen and oxygen atoms in total. The molecule has 0 fully saturated rings. The number of nitrogens with one attached hydrogen (secondary N) is 1. The van der Waals surface area contributed by atoms with Crippen molar-refractivity contribution in [3.05, 3.63) is 54.4 Å². The normalized spacial score (nSPS) is 13.2. The Hall–Kier alpha value is -3.24. The number of benzene rings is 1. The van der Waals surface area contributed by atoms with Crippen LogP contribution in [0.4, 0.5) is 4.79 Å².